The smallest absolute Gasteiger partial charge is 0.226 e. The molecule has 0 aromatic heterocycles. The zero-order chi connectivity index (χ0) is 18.7. The molecule has 6 heteroatoms. The van der Waals surface area contributed by atoms with Gasteiger partial charge in [0.15, 0.2) is 0 Å². The average molecular weight is 361 g/mol. The van der Waals surface area contributed by atoms with Gasteiger partial charge >= 0.3 is 0 Å². The number of para-hydroxylation sites is 1. The number of anilines is 1. The third-order valence-electron chi connectivity index (χ3n) is 5.25. The van der Waals surface area contributed by atoms with Crippen LogP contribution in [-0.2, 0) is 9.59 Å². The van der Waals surface area contributed by atoms with Crippen molar-refractivity contribution in [1.82, 2.24) is 10.2 Å². The maximum atomic E-state index is 13.9. The molecule has 1 heterocycles. The molecule has 1 aliphatic heterocycles. The van der Waals surface area contributed by atoms with E-state index in [1.54, 1.807) is 12.1 Å². The van der Waals surface area contributed by atoms with E-state index in [1.807, 2.05) is 15.9 Å². The standard InChI is InChI=1S/C20H28FN3O2/c1-14(2)7-8-22-19(25)15-13-16(15)20(26)24-11-9-23(10-12-24)18-6-4-3-5-17(18)21/h3-6,14-16H,7-13H2,1-2H3,(H,22,25). The number of amides is 2. The number of nitrogens with one attached hydrogen (secondary N) is 1. The molecule has 142 valence electrons. The Morgan fingerprint density at radius 1 is 1.15 bits per heavy atom. The lowest BCUT2D eigenvalue weighted by Gasteiger charge is -2.36. The van der Waals surface area contributed by atoms with Crippen LogP contribution in [-0.4, -0.2) is 49.4 Å². The number of piperazine rings is 1. The van der Waals surface area contributed by atoms with Gasteiger partial charge in [0.05, 0.1) is 17.5 Å². The Kier molecular flexibility index (Phi) is 5.79. The van der Waals surface area contributed by atoms with Crippen LogP contribution < -0.4 is 10.2 Å². The molecule has 1 aromatic rings. The summed E-state index contributed by atoms with van der Waals surface area (Å²) in [6.07, 6.45) is 1.61. The number of halogens is 1. The molecule has 26 heavy (non-hydrogen) atoms. The molecule has 5 nitrogen and oxygen atoms in total. The molecule has 2 aliphatic rings. The summed E-state index contributed by atoms with van der Waals surface area (Å²) < 4.78 is 13.9. The first-order valence-corrected chi connectivity index (χ1v) is 9.53. The van der Waals surface area contributed by atoms with E-state index in [2.05, 4.69) is 19.2 Å². The first-order valence-electron chi connectivity index (χ1n) is 9.53. The molecule has 1 saturated heterocycles. The van der Waals surface area contributed by atoms with Crippen molar-refractivity contribution in [3.8, 4) is 0 Å². The van der Waals surface area contributed by atoms with Gasteiger partial charge < -0.3 is 15.1 Å². The van der Waals surface area contributed by atoms with Crippen LogP contribution in [0, 0.1) is 23.6 Å². The van der Waals surface area contributed by atoms with Crippen molar-refractivity contribution < 1.29 is 14.0 Å². The van der Waals surface area contributed by atoms with E-state index in [4.69, 9.17) is 0 Å². The van der Waals surface area contributed by atoms with Gasteiger partial charge in [0.1, 0.15) is 5.82 Å². The molecule has 1 aliphatic carbocycles. The van der Waals surface area contributed by atoms with Gasteiger partial charge in [0, 0.05) is 32.7 Å². The summed E-state index contributed by atoms with van der Waals surface area (Å²) >= 11 is 0. The summed E-state index contributed by atoms with van der Waals surface area (Å²) in [7, 11) is 0. The molecule has 2 fully saturated rings. The Morgan fingerprint density at radius 3 is 2.50 bits per heavy atom. The second-order valence-electron chi connectivity index (χ2n) is 7.69. The lowest BCUT2D eigenvalue weighted by atomic mass is 10.1. The first kappa shape index (κ1) is 18.7. The summed E-state index contributed by atoms with van der Waals surface area (Å²) in [5.41, 5.74) is 0.591. The molecule has 0 bridgehead atoms. The second kappa shape index (κ2) is 8.06. The van der Waals surface area contributed by atoms with Gasteiger partial charge in [-0.3, -0.25) is 9.59 Å². The number of nitrogens with zero attached hydrogens (tertiary/aromatic N) is 2. The van der Waals surface area contributed by atoms with Crippen LogP contribution in [0.2, 0.25) is 0 Å². The number of carbonyl (C=O) groups excluding carboxylic acids is 2. The van der Waals surface area contributed by atoms with Crippen molar-refractivity contribution >= 4 is 17.5 Å². The quantitative estimate of drug-likeness (QED) is 0.846. The third-order valence-corrected chi connectivity index (χ3v) is 5.25. The maximum absolute atomic E-state index is 13.9. The molecular formula is C20H28FN3O2. The minimum atomic E-state index is -0.229. The van der Waals surface area contributed by atoms with Gasteiger partial charge in [0.25, 0.3) is 0 Å². The van der Waals surface area contributed by atoms with Crippen LogP contribution in [0.4, 0.5) is 10.1 Å². The molecule has 1 saturated carbocycles. The van der Waals surface area contributed by atoms with Crippen molar-refractivity contribution in [2.45, 2.75) is 26.7 Å². The number of rotatable bonds is 6. The Balaban J connectivity index is 1.45. The zero-order valence-electron chi connectivity index (χ0n) is 15.6. The highest BCUT2D eigenvalue weighted by Gasteiger charge is 2.49. The normalized spacial score (nSPS) is 22.5. The minimum absolute atomic E-state index is 0.00833. The molecule has 0 spiro atoms. The zero-order valence-corrected chi connectivity index (χ0v) is 15.6. The van der Waals surface area contributed by atoms with Crippen LogP contribution >= 0.6 is 0 Å². The van der Waals surface area contributed by atoms with Gasteiger partial charge in [0.2, 0.25) is 11.8 Å². The summed E-state index contributed by atoms with van der Waals surface area (Å²) in [5, 5.41) is 2.94. The SMILES string of the molecule is CC(C)CCNC(=O)C1CC1C(=O)N1CCN(c2ccccc2F)CC1. The fourth-order valence-electron chi connectivity index (χ4n) is 3.48. The van der Waals surface area contributed by atoms with Crippen LogP contribution in [0.15, 0.2) is 24.3 Å². The lowest BCUT2D eigenvalue weighted by molar-refractivity contribution is -0.135. The Bertz CT molecular complexity index is 656. The first-order chi connectivity index (χ1) is 12.5. The van der Waals surface area contributed by atoms with Crippen molar-refractivity contribution in [2.24, 2.45) is 17.8 Å². The van der Waals surface area contributed by atoms with Gasteiger partial charge in [-0.2, -0.15) is 0 Å². The number of benzene rings is 1. The monoisotopic (exact) mass is 361 g/mol. The largest absolute Gasteiger partial charge is 0.366 e. The molecule has 2 unspecified atom stereocenters. The molecule has 3 rings (SSSR count). The molecular weight excluding hydrogens is 333 g/mol. The van der Waals surface area contributed by atoms with E-state index in [1.165, 1.54) is 6.07 Å². The summed E-state index contributed by atoms with van der Waals surface area (Å²) in [4.78, 5) is 28.5. The molecule has 1 N–H and O–H groups in total. The van der Waals surface area contributed by atoms with Crippen molar-refractivity contribution in [2.75, 3.05) is 37.6 Å². The minimum Gasteiger partial charge on any atom is -0.366 e. The second-order valence-corrected chi connectivity index (χ2v) is 7.69. The number of hydrogen-bond acceptors (Lipinski definition) is 3. The predicted octanol–water partition coefficient (Wildman–Crippen LogP) is 2.27. The summed E-state index contributed by atoms with van der Waals surface area (Å²) in [5.74, 6) is 0.0646. The maximum Gasteiger partial charge on any atom is 0.226 e. The van der Waals surface area contributed by atoms with E-state index < -0.39 is 0 Å². The van der Waals surface area contributed by atoms with E-state index in [0.29, 0.717) is 50.7 Å². The van der Waals surface area contributed by atoms with Gasteiger partial charge in [-0.05, 0) is 30.9 Å². The number of carbonyl (C=O) groups is 2. The van der Waals surface area contributed by atoms with Crippen molar-refractivity contribution in [1.29, 1.82) is 0 Å². The highest BCUT2D eigenvalue weighted by molar-refractivity contribution is 5.92. The summed E-state index contributed by atoms with van der Waals surface area (Å²) in [6, 6.07) is 6.73. The van der Waals surface area contributed by atoms with Gasteiger partial charge in [-0.1, -0.05) is 26.0 Å². The van der Waals surface area contributed by atoms with E-state index in [0.717, 1.165) is 6.42 Å². The van der Waals surface area contributed by atoms with Crippen LogP contribution in [0.1, 0.15) is 26.7 Å². The molecule has 1 aromatic carbocycles. The Hall–Kier alpha value is -2.11. The van der Waals surface area contributed by atoms with E-state index in [9.17, 15) is 14.0 Å². The van der Waals surface area contributed by atoms with E-state index >= 15 is 0 Å². The molecule has 0 radical (unpaired) electrons. The van der Waals surface area contributed by atoms with Gasteiger partial charge in [-0.15, -0.1) is 0 Å². The molecule has 2 atom stereocenters. The fraction of sp³-hybridized carbons (Fsp3) is 0.600. The van der Waals surface area contributed by atoms with E-state index in [-0.39, 0.29) is 29.5 Å². The van der Waals surface area contributed by atoms with Crippen LogP contribution in [0.3, 0.4) is 0 Å². The fourth-order valence-corrected chi connectivity index (χ4v) is 3.48. The highest BCUT2D eigenvalue weighted by atomic mass is 19.1. The Morgan fingerprint density at radius 2 is 1.85 bits per heavy atom. The van der Waals surface area contributed by atoms with Crippen molar-refractivity contribution in [3.63, 3.8) is 0 Å². The predicted molar refractivity (Wildman–Crippen MR) is 99.3 cm³/mol. The average Bonchev–Trinajstić information content (AvgIpc) is 3.42. The molecule has 2 amide bonds. The number of hydrogen-bond donors (Lipinski definition) is 1. The highest BCUT2D eigenvalue weighted by Crippen LogP contribution is 2.40. The lowest BCUT2D eigenvalue weighted by Crippen LogP contribution is -2.49. The topological polar surface area (TPSA) is 52.7 Å². The van der Waals surface area contributed by atoms with Crippen LogP contribution in [0.5, 0.6) is 0 Å². The van der Waals surface area contributed by atoms with Crippen molar-refractivity contribution in [3.05, 3.63) is 30.1 Å². The van der Waals surface area contributed by atoms with Crippen LogP contribution in [0.25, 0.3) is 0 Å². The Labute approximate surface area is 154 Å². The third kappa shape index (κ3) is 4.34. The summed E-state index contributed by atoms with van der Waals surface area (Å²) in [6.45, 7) is 7.30. The van der Waals surface area contributed by atoms with Gasteiger partial charge in [-0.25, -0.2) is 4.39 Å².